The van der Waals surface area contributed by atoms with E-state index in [4.69, 9.17) is 10.4 Å². The van der Waals surface area contributed by atoms with Gasteiger partial charge in [0.05, 0.1) is 18.6 Å². The van der Waals surface area contributed by atoms with Gasteiger partial charge in [-0.25, -0.2) is 0 Å². The zero-order valence-corrected chi connectivity index (χ0v) is 8.30. The molecule has 1 rings (SSSR count). The first-order valence-electron chi connectivity index (χ1n) is 4.37. The Hall–Kier alpha value is -2.50. The summed E-state index contributed by atoms with van der Waals surface area (Å²) in [6.45, 7) is 0. The van der Waals surface area contributed by atoms with Crippen LogP contribution in [0.15, 0.2) is 50.8 Å². The lowest BCUT2D eigenvalue weighted by Crippen LogP contribution is -2.00. The van der Waals surface area contributed by atoms with Crippen LogP contribution < -0.4 is 0 Å². The maximum absolute atomic E-state index is 8.27. The number of rotatable bonds is 4. The molecule has 16 heavy (non-hydrogen) atoms. The van der Waals surface area contributed by atoms with Crippen molar-refractivity contribution >= 4 is 24.4 Å². The maximum Gasteiger partial charge on any atom is 0.129 e. The Morgan fingerprint density at radius 2 is 1.62 bits per heavy atom. The van der Waals surface area contributed by atoms with Crippen molar-refractivity contribution in [1.82, 2.24) is 0 Å². The van der Waals surface area contributed by atoms with Crippen molar-refractivity contribution in [3.05, 3.63) is 35.9 Å². The van der Waals surface area contributed by atoms with Crippen LogP contribution in [-0.4, -0.2) is 34.8 Å². The minimum Gasteiger partial charge on any atom is -0.411 e. The smallest absolute Gasteiger partial charge is 0.129 e. The van der Waals surface area contributed by atoms with Crippen LogP contribution >= 0.6 is 0 Å². The van der Waals surface area contributed by atoms with E-state index in [1.165, 1.54) is 6.21 Å². The first-order chi connectivity index (χ1) is 7.86. The Balaban J connectivity index is 2.73. The molecule has 0 radical (unpaired) electrons. The van der Waals surface area contributed by atoms with Crippen LogP contribution in [0, 0.1) is 0 Å². The van der Waals surface area contributed by atoms with Crippen molar-refractivity contribution in [2.75, 3.05) is 0 Å². The Bertz CT molecular complexity index is 410. The predicted octanol–water partition coefficient (Wildman–Crippen LogP) is 1.38. The van der Waals surface area contributed by atoms with Gasteiger partial charge in [0.2, 0.25) is 0 Å². The minimum atomic E-state index is 0.122. The second kappa shape index (κ2) is 6.88. The standard InChI is InChI=1S/C10H10N4O2/c15-12-7-10(8-13-16)14-11-6-9-4-2-1-3-5-9/h1-8,15-16H/b11-6+,12-7-,13-8-. The first kappa shape index (κ1) is 11.6. The average Bonchev–Trinajstić information content (AvgIpc) is 2.31. The third-order valence-corrected chi connectivity index (χ3v) is 1.56. The summed E-state index contributed by atoms with van der Waals surface area (Å²) in [5.74, 6) is 0. The highest BCUT2D eigenvalue weighted by Gasteiger charge is 1.89. The van der Waals surface area contributed by atoms with E-state index in [0.717, 1.165) is 18.0 Å². The van der Waals surface area contributed by atoms with Crippen molar-refractivity contribution < 1.29 is 10.4 Å². The monoisotopic (exact) mass is 218 g/mol. The molecule has 0 saturated heterocycles. The molecule has 0 aliphatic heterocycles. The molecule has 0 unspecified atom stereocenters. The summed E-state index contributed by atoms with van der Waals surface area (Å²) in [5, 5.41) is 29.4. The zero-order valence-electron chi connectivity index (χ0n) is 8.30. The average molecular weight is 218 g/mol. The summed E-state index contributed by atoms with van der Waals surface area (Å²) in [6, 6.07) is 9.35. The number of hydrogen-bond donors (Lipinski definition) is 2. The van der Waals surface area contributed by atoms with Gasteiger partial charge >= 0.3 is 0 Å². The zero-order chi connectivity index (χ0) is 11.6. The number of oxime groups is 2. The van der Waals surface area contributed by atoms with E-state index < -0.39 is 0 Å². The van der Waals surface area contributed by atoms with Crippen LogP contribution in [0.3, 0.4) is 0 Å². The Morgan fingerprint density at radius 3 is 2.19 bits per heavy atom. The fraction of sp³-hybridized carbons (Fsp3) is 0. The van der Waals surface area contributed by atoms with E-state index in [-0.39, 0.29) is 5.71 Å². The molecule has 0 saturated carbocycles. The molecule has 0 aliphatic carbocycles. The van der Waals surface area contributed by atoms with Gasteiger partial charge in [-0.05, 0) is 5.56 Å². The number of nitrogens with zero attached hydrogens (tertiary/aromatic N) is 4. The summed E-state index contributed by atoms with van der Waals surface area (Å²) < 4.78 is 0. The van der Waals surface area contributed by atoms with Gasteiger partial charge in [0.1, 0.15) is 5.71 Å². The van der Waals surface area contributed by atoms with Crippen LogP contribution in [0.25, 0.3) is 0 Å². The van der Waals surface area contributed by atoms with E-state index in [1.54, 1.807) is 0 Å². The van der Waals surface area contributed by atoms with Crippen LogP contribution in [-0.2, 0) is 0 Å². The largest absolute Gasteiger partial charge is 0.411 e. The molecular weight excluding hydrogens is 208 g/mol. The third-order valence-electron chi connectivity index (χ3n) is 1.56. The van der Waals surface area contributed by atoms with Crippen LogP contribution in [0.5, 0.6) is 0 Å². The quantitative estimate of drug-likeness (QED) is 0.454. The lowest BCUT2D eigenvalue weighted by Gasteiger charge is -1.88. The van der Waals surface area contributed by atoms with E-state index >= 15 is 0 Å². The molecule has 6 heteroatoms. The second-order valence-electron chi connectivity index (χ2n) is 2.67. The van der Waals surface area contributed by atoms with Gasteiger partial charge in [-0.3, -0.25) is 0 Å². The molecule has 0 fully saturated rings. The van der Waals surface area contributed by atoms with Crippen molar-refractivity contribution in [2.45, 2.75) is 0 Å². The molecule has 0 aliphatic rings. The highest BCUT2D eigenvalue weighted by molar-refractivity contribution is 6.55. The molecule has 0 bridgehead atoms. The van der Waals surface area contributed by atoms with Crippen LogP contribution in [0.4, 0.5) is 0 Å². The fourth-order valence-electron chi connectivity index (χ4n) is 0.905. The highest BCUT2D eigenvalue weighted by atomic mass is 16.4. The third kappa shape index (κ3) is 4.14. The lowest BCUT2D eigenvalue weighted by molar-refractivity contribution is 0.321. The van der Waals surface area contributed by atoms with Gasteiger partial charge < -0.3 is 10.4 Å². The molecule has 0 atom stereocenters. The highest BCUT2D eigenvalue weighted by Crippen LogP contribution is 1.93. The minimum absolute atomic E-state index is 0.122. The molecule has 0 amide bonds. The molecule has 1 aromatic rings. The molecule has 0 heterocycles. The summed E-state index contributed by atoms with van der Waals surface area (Å²) in [4.78, 5) is 0. The van der Waals surface area contributed by atoms with Gasteiger partial charge in [0.25, 0.3) is 0 Å². The summed E-state index contributed by atoms with van der Waals surface area (Å²) in [5.41, 5.74) is 1.00. The number of benzene rings is 1. The molecule has 0 spiro atoms. The van der Waals surface area contributed by atoms with Crippen LogP contribution in [0.1, 0.15) is 5.56 Å². The topological polar surface area (TPSA) is 89.9 Å². The fourth-order valence-corrected chi connectivity index (χ4v) is 0.905. The van der Waals surface area contributed by atoms with Crippen molar-refractivity contribution in [1.29, 1.82) is 0 Å². The van der Waals surface area contributed by atoms with Gasteiger partial charge in [0.15, 0.2) is 0 Å². The molecule has 0 aromatic heterocycles. The Labute approximate surface area is 91.9 Å². The second-order valence-corrected chi connectivity index (χ2v) is 2.67. The molecular formula is C10H10N4O2. The van der Waals surface area contributed by atoms with Crippen molar-refractivity contribution in [3.63, 3.8) is 0 Å². The van der Waals surface area contributed by atoms with E-state index in [2.05, 4.69) is 20.5 Å². The SMILES string of the molecule is O/N=C\C(/C=N\O)=N/N=C/c1ccccc1. The predicted molar refractivity (Wildman–Crippen MR) is 62.0 cm³/mol. The van der Waals surface area contributed by atoms with Gasteiger partial charge in [0, 0.05) is 0 Å². The van der Waals surface area contributed by atoms with Gasteiger partial charge in [-0.1, -0.05) is 40.6 Å². The summed E-state index contributed by atoms with van der Waals surface area (Å²) in [7, 11) is 0. The molecule has 2 N–H and O–H groups in total. The lowest BCUT2D eigenvalue weighted by atomic mass is 10.2. The van der Waals surface area contributed by atoms with E-state index in [0.29, 0.717) is 0 Å². The van der Waals surface area contributed by atoms with Crippen LogP contribution in [0.2, 0.25) is 0 Å². The number of hydrogen-bond acceptors (Lipinski definition) is 6. The van der Waals surface area contributed by atoms with Gasteiger partial charge in [-0.15, -0.1) is 5.10 Å². The summed E-state index contributed by atoms with van der Waals surface area (Å²) >= 11 is 0. The Morgan fingerprint density at radius 1 is 1.00 bits per heavy atom. The first-order valence-corrected chi connectivity index (χ1v) is 4.37. The summed E-state index contributed by atoms with van der Waals surface area (Å²) in [6.07, 6.45) is 3.53. The normalized spacial score (nSPS) is 11.5. The van der Waals surface area contributed by atoms with E-state index in [9.17, 15) is 0 Å². The Kier molecular flexibility index (Phi) is 4.98. The van der Waals surface area contributed by atoms with Crippen molar-refractivity contribution in [2.24, 2.45) is 20.5 Å². The van der Waals surface area contributed by atoms with E-state index in [1.807, 2.05) is 30.3 Å². The van der Waals surface area contributed by atoms with Gasteiger partial charge in [-0.2, -0.15) is 5.10 Å². The van der Waals surface area contributed by atoms with Crippen molar-refractivity contribution in [3.8, 4) is 0 Å². The maximum atomic E-state index is 8.27. The molecule has 82 valence electrons. The molecule has 1 aromatic carbocycles. The molecule has 6 nitrogen and oxygen atoms in total.